The Morgan fingerprint density at radius 3 is 2.20 bits per heavy atom. The maximum absolute atomic E-state index is 13.1. The third-order valence-electron chi connectivity index (χ3n) is 2.65. The number of halogens is 4. The summed E-state index contributed by atoms with van der Waals surface area (Å²) in [7, 11) is 0. The minimum Gasteiger partial charge on any atom is -0.370 e. The van der Waals surface area contributed by atoms with Gasteiger partial charge >= 0.3 is 12.2 Å². The molecule has 2 N–H and O–H groups in total. The lowest BCUT2D eigenvalue weighted by Gasteiger charge is -2.03. The fourth-order valence-corrected chi connectivity index (χ4v) is 1.95. The Morgan fingerprint density at radius 1 is 1.28 bits per heavy atom. The van der Waals surface area contributed by atoms with E-state index in [4.69, 9.17) is 22.1 Å². The zero-order chi connectivity index (χ0) is 19.3. The number of hydrogen-bond donors (Lipinski definition) is 1. The molecule has 7 nitrogen and oxygen atoms in total. The van der Waals surface area contributed by atoms with E-state index in [1.165, 1.54) is 19.1 Å². The fraction of sp³-hybridized carbons (Fsp3) is 0.143. The quantitative estimate of drug-likeness (QED) is 0.869. The highest BCUT2D eigenvalue weighted by Crippen LogP contribution is 2.22. The van der Waals surface area contributed by atoms with Crippen molar-refractivity contribution in [1.29, 1.82) is 10.5 Å². The molecule has 25 heavy (non-hydrogen) atoms. The van der Waals surface area contributed by atoms with Crippen molar-refractivity contribution in [2.45, 2.75) is 13.5 Å². The summed E-state index contributed by atoms with van der Waals surface area (Å²) in [5.41, 5.74) is 1.73. The van der Waals surface area contributed by atoms with E-state index >= 15 is 0 Å². The van der Waals surface area contributed by atoms with E-state index in [1.807, 2.05) is 0 Å². The summed E-state index contributed by atoms with van der Waals surface area (Å²) in [5, 5.41) is 17.5. The first-order valence-electron chi connectivity index (χ1n) is 6.32. The van der Waals surface area contributed by atoms with Crippen LogP contribution in [-0.4, -0.2) is 15.0 Å². The summed E-state index contributed by atoms with van der Waals surface area (Å²) < 4.78 is 39.3. The summed E-state index contributed by atoms with van der Waals surface area (Å²) in [5.74, 6) is -1.11. The molecule has 130 valence electrons. The van der Waals surface area contributed by atoms with E-state index in [9.17, 15) is 22.8 Å². The van der Waals surface area contributed by atoms with Gasteiger partial charge in [-0.15, -0.1) is 0 Å². The first kappa shape index (κ1) is 19.8. The van der Waals surface area contributed by atoms with Crippen molar-refractivity contribution in [3.63, 3.8) is 0 Å². The predicted molar refractivity (Wildman–Crippen MR) is 80.5 cm³/mol. The van der Waals surface area contributed by atoms with Crippen LogP contribution in [0.15, 0.2) is 23.0 Å². The molecule has 0 aliphatic carbocycles. The van der Waals surface area contributed by atoms with Crippen molar-refractivity contribution in [2.24, 2.45) is 5.73 Å². The number of rotatable bonds is 2. The van der Waals surface area contributed by atoms with Gasteiger partial charge in [-0.25, -0.2) is 13.8 Å². The van der Waals surface area contributed by atoms with Gasteiger partial charge in [0.1, 0.15) is 18.0 Å². The molecule has 0 aliphatic rings. The highest BCUT2D eigenvalue weighted by Gasteiger charge is 2.25. The average molecular weight is 372 g/mol. The standard InChI is InChI=1S/C12H4ClF3N4O.C2H5NO/c13-7-3-6(1-2-8(7)14)19-9(4-17)10(5-18)20(11(15)16)12(19)21;1-2(3)4/h1-3,11H;1H3,(H2,3,4). The monoisotopic (exact) mass is 371 g/mol. The number of aromatic nitrogens is 2. The zero-order valence-corrected chi connectivity index (χ0v) is 13.3. The number of nitrogens with two attached hydrogens (primary N) is 1. The van der Waals surface area contributed by atoms with Crippen LogP contribution in [0.1, 0.15) is 24.9 Å². The van der Waals surface area contributed by atoms with Crippen molar-refractivity contribution in [3.05, 3.63) is 50.9 Å². The van der Waals surface area contributed by atoms with Crippen LogP contribution in [0.4, 0.5) is 13.2 Å². The highest BCUT2D eigenvalue weighted by molar-refractivity contribution is 6.30. The SMILES string of the molecule is CC(N)=O.N#Cc1c(C#N)n(C(F)F)c(=O)n1-c1ccc(F)c(Cl)c1. The second-order valence-corrected chi connectivity index (χ2v) is 4.80. The van der Waals surface area contributed by atoms with Gasteiger partial charge in [0, 0.05) is 6.92 Å². The molecule has 2 aromatic rings. The molecule has 0 saturated heterocycles. The lowest BCUT2D eigenvalue weighted by Crippen LogP contribution is -2.24. The van der Waals surface area contributed by atoms with Gasteiger partial charge in [0.05, 0.1) is 10.7 Å². The number of carbonyl (C=O) groups excluding carboxylic acids is 1. The Labute approximate surface area is 143 Å². The Hall–Kier alpha value is -3.24. The number of primary amides is 1. The predicted octanol–water partition coefficient (Wildman–Crippen LogP) is 2.06. The molecule has 1 amide bonds. The molecular formula is C14H9ClF3N5O2. The Bertz CT molecular complexity index is 949. The molecule has 0 saturated carbocycles. The number of alkyl halides is 2. The molecular weight excluding hydrogens is 363 g/mol. The number of hydrogen-bond acceptors (Lipinski definition) is 4. The lowest BCUT2D eigenvalue weighted by molar-refractivity contribution is -0.115. The second-order valence-electron chi connectivity index (χ2n) is 4.40. The van der Waals surface area contributed by atoms with Gasteiger partial charge in [-0.1, -0.05) is 11.6 Å². The first-order valence-corrected chi connectivity index (χ1v) is 6.70. The van der Waals surface area contributed by atoms with Crippen molar-refractivity contribution in [1.82, 2.24) is 9.13 Å². The zero-order valence-electron chi connectivity index (χ0n) is 12.5. The van der Waals surface area contributed by atoms with Crippen LogP contribution in [0.5, 0.6) is 0 Å². The van der Waals surface area contributed by atoms with Crippen molar-refractivity contribution in [3.8, 4) is 17.8 Å². The van der Waals surface area contributed by atoms with Crippen LogP contribution in [0.25, 0.3) is 5.69 Å². The van der Waals surface area contributed by atoms with E-state index in [1.54, 1.807) is 0 Å². The smallest absolute Gasteiger partial charge is 0.339 e. The van der Waals surface area contributed by atoms with Crippen LogP contribution in [-0.2, 0) is 4.79 Å². The molecule has 1 heterocycles. The fourth-order valence-electron chi connectivity index (χ4n) is 1.77. The van der Waals surface area contributed by atoms with Crippen molar-refractivity contribution >= 4 is 17.5 Å². The number of benzene rings is 1. The van der Waals surface area contributed by atoms with Crippen molar-refractivity contribution < 1.29 is 18.0 Å². The van der Waals surface area contributed by atoms with Gasteiger partial charge in [0.25, 0.3) is 0 Å². The number of nitrogens with zero attached hydrogens (tertiary/aromatic N) is 4. The minimum atomic E-state index is -3.29. The Balaban J connectivity index is 0.000000705. The van der Waals surface area contributed by atoms with Gasteiger partial charge in [-0.2, -0.15) is 19.3 Å². The van der Waals surface area contributed by atoms with E-state index < -0.39 is 29.4 Å². The number of amides is 1. The largest absolute Gasteiger partial charge is 0.370 e. The van der Waals surface area contributed by atoms with Crippen LogP contribution in [0.3, 0.4) is 0 Å². The highest BCUT2D eigenvalue weighted by atomic mass is 35.5. The molecule has 0 unspecified atom stereocenters. The molecule has 0 atom stereocenters. The average Bonchev–Trinajstić information content (AvgIpc) is 2.81. The maximum Gasteiger partial charge on any atom is 0.339 e. The molecule has 0 spiro atoms. The molecule has 2 rings (SSSR count). The maximum atomic E-state index is 13.1. The topological polar surface area (TPSA) is 118 Å². The van der Waals surface area contributed by atoms with Gasteiger partial charge in [0.15, 0.2) is 11.4 Å². The molecule has 0 fully saturated rings. The molecule has 0 radical (unpaired) electrons. The molecule has 1 aromatic heterocycles. The van der Waals surface area contributed by atoms with E-state index in [2.05, 4.69) is 5.73 Å². The molecule has 11 heteroatoms. The third-order valence-corrected chi connectivity index (χ3v) is 2.94. The minimum absolute atomic E-state index is 0.0983. The van der Waals surface area contributed by atoms with E-state index in [-0.39, 0.29) is 21.2 Å². The van der Waals surface area contributed by atoms with Crippen LogP contribution >= 0.6 is 11.6 Å². The molecule has 1 aromatic carbocycles. The number of nitriles is 2. The van der Waals surface area contributed by atoms with Crippen LogP contribution in [0.2, 0.25) is 5.02 Å². The summed E-state index contributed by atoms with van der Waals surface area (Å²) in [6.45, 7) is -1.99. The summed E-state index contributed by atoms with van der Waals surface area (Å²) in [6, 6.07) is 5.89. The summed E-state index contributed by atoms with van der Waals surface area (Å²) in [4.78, 5) is 21.2. The Kier molecular flexibility index (Phi) is 6.37. The lowest BCUT2D eigenvalue weighted by atomic mass is 10.3. The molecule has 0 bridgehead atoms. The van der Waals surface area contributed by atoms with E-state index in [0.29, 0.717) is 4.57 Å². The Morgan fingerprint density at radius 2 is 1.80 bits per heavy atom. The van der Waals surface area contributed by atoms with Crippen LogP contribution < -0.4 is 11.4 Å². The van der Waals surface area contributed by atoms with Crippen molar-refractivity contribution in [2.75, 3.05) is 0 Å². The molecule has 0 aliphatic heterocycles. The summed E-state index contributed by atoms with van der Waals surface area (Å²) >= 11 is 5.56. The van der Waals surface area contributed by atoms with Gasteiger partial charge in [0.2, 0.25) is 5.91 Å². The van der Waals surface area contributed by atoms with Gasteiger partial charge < -0.3 is 5.73 Å². The number of imidazole rings is 1. The van der Waals surface area contributed by atoms with Gasteiger partial charge in [-0.05, 0) is 18.2 Å². The summed E-state index contributed by atoms with van der Waals surface area (Å²) in [6.07, 6.45) is 0. The normalized spacial score (nSPS) is 9.76. The first-order chi connectivity index (χ1) is 11.6. The third kappa shape index (κ3) is 4.19. The van der Waals surface area contributed by atoms with E-state index in [0.717, 1.165) is 18.2 Å². The second kappa shape index (κ2) is 8.04. The number of carbonyl (C=O) groups is 1. The van der Waals surface area contributed by atoms with Gasteiger partial charge in [-0.3, -0.25) is 9.36 Å². The van der Waals surface area contributed by atoms with Crippen LogP contribution in [0, 0.1) is 28.5 Å².